The first-order valence-electron chi connectivity index (χ1n) is 8.75. The minimum atomic E-state index is -0.351. The second-order valence-corrected chi connectivity index (χ2v) is 6.35. The maximum Gasteiger partial charge on any atom is 0.263 e. The molecule has 0 aliphatic carbocycles. The fourth-order valence-electron chi connectivity index (χ4n) is 2.53. The lowest BCUT2D eigenvalue weighted by Crippen LogP contribution is -2.14. The van der Waals surface area contributed by atoms with Crippen LogP contribution in [0.25, 0.3) is 0 Å². The van der Waals surface area contributed by atoms with Crippen molar-refractivity contribution in [2.75, 3.05) is 18.4 Å². The van der Waals surface area contributed by atoms with Crippen LogP contribution in [-0.4, -0.2) is 28.2 Å². The Hall–Kier alpha value is -2.75. The highest BCUT2D eigenvalue weighted by Gasteiger charge is 2.13. The molecule has 168 valence electrons. The number of hydrogen-bond donors (Lipinski definition) is 2. The summed E-state index contributed by atoms with van der Waals surface area (Å²) in [5.74, 6) is 7.14. The molecule has 0 fully saturated rings. The van der Waals surface area contributed by atoms with Crippen LogP contribution in [0, 0.1) is 5.82 Å². The Labute approximate surface area is 196 Å². The van der Waals surface area contributed by atoms with Gasteiger partial charge in [-0.2, -0.15) is 5.10 Å². The van der Waals surface area contributed by atoms with Gasteiger partial charge in [-0.1, -0.05) is 36.7 Å². The van der Waals surface area contributed by atoms with Crippen molar-refractivity contribution in [1.82, 2.24) is 14.9 Å². The van der Waals surface area contributed by atoms with Crippen molar-refractivity contribution >= 4 is 48.6 Å². The molecule has 31 heavy (non-hydrogen) atoms. The van der Waals surface area contributed by atoms with Gasteiger partial charge in [-0.05, 0) is 23.8 Å². The molecular formula is C19H22Cl3FN6O2. The second kappa shape index (κ2) is 12.2. The molecule has 1 heterocycles. The summed E-state index contributed by atoms with van der Waals surface area (Å²) in [5, 5.41) is 12.2. The topological polar surface area (TPSA) is 99.6 Å². The Bertz CT molecular complexity index is 1030. The summed E-state index contributed by atoms with van der Waals surface area (Å²) in [4.78, 5) is 0. The van der Waals surface area contributed by atoms with Gasteiger partial charge in [0.2, 0.25) is 0 Å². The number of aromatic nitrogens is 3. The number of nitrogens with two attached hydrogens (primary N) is 1. The van der Waals surface area contributed by atoms with Crippen LogP contribution in [0.15, 0.2) is 41.5 Å². The quantitative estimate of drug-likeness (QED) is 0.278. The summed E-state index contributed by atoms with van der Waals surface area (Å²) in [6, 6.07) is 9.71. The Morgan fingerprint density at radius 3 is 2.65 bits per heavy atom. The fourth-order valence-corrected chi connectivity index (χ4v) is 2.80. The monoisotopic (exact) mass is 490 g/mol. The number of methoxy groups -OCH3 is 1. The van der Waals surface area contributed by atoms with E-state index in [0.29, 0.717) is 45.8 Å². The van der Waals surface area contributed by atoms with E-state index in [1.54, 1.807) is 30.3 Å². The first-order chi connectivity index (χ1) is 14.0. The lowest BCUT2D eigenvalue weighted by Gasteiger charge is -2.13. The number of rotatable bonds is 8. The standard InChI is InChI=1S/C19H20ClFN6O2.2ClH/c1-3-17-24-26-19(27(17)22)25-23-10-12-8-14(20)18(16(9-12)28-2)29-11-13-6-4-5-7-15(13)21;;/h4-10H,3,11,22H2,1-2H3,(H,25,26);2*1H. The Balaban J connectivity index is 0.00000240. The zero-order chi connectivity index (χ0) is 20.8. The van der Waals surface area contributed by atoms with Crippen molar-refractivity contribution in [3.8, 4) is 11.5 Å². The average Bonchev–Trinajstić information content (AvgIpc) is 3.07. The zero-order valence-corrected chi connectivity index (χ0v) is 19.1. The number of anilines is 1. The third-order valence-corrected chi connectivity index (χ3v) is 4.32. The number of nitrogen functional groups attached to an aromatic ring is 1. The first-order valence-corrected chi connectivity index (χ1v) is 9.13. The highest BCUT2D eigenvalue weighted by molar-refractivity contribution is 6.32. The van der Waals surface area contributed by atoms with Crippen LogP contribution < -0.4 is 20.7 Å². The van der Waals surface area contributed by atoms with Crippen LogP contribution in [0.2, 0.25) is 5.02 Å². The maximum absolute atomic E-state index is 13.8. The van der Waals surface area contributed by atoms with Gasteiger partial charge in [0, 0.05) is 12.0 Å². The van der Waals surface area contributed by atoms with E-state index in [1.807, 2.05) is 6.92 Å². The highest BCUT2D eigenvalue weighted by atomic mass is 35.5. The smallest absolute Gasteiger partial charge is 0.263 e. The molecule has 0 amide bonds. The molecule has 12 heteroatoms. The number of hydrazone groups is 1. The summed E-state index contributed by atoms with van der Waals surface area (Å²) >= 11 is 6.34. The van der Waals surface area contributed by atoms with Crippen LogP contribution >= 0.6 is 36.4 Å². The lowest BCUT2D eigenvalue weighted by molar-refractivity contribution is 0.280. The van der Waals surface area contributed by atoms with E-state index in [1.165, 1.54) is 24.1 Å². The van der Waals surface area contributed by atoms with E-state index in [-0.39, 0.29) is 37.2 Å². The molecule has 0 spiro atoms. The van der Waals surface area contributed by atoms with Crippen molar-refractivity contribution < 1.29 is 13.9 Å². The number of aryl methyl sites for hydroxylation is 1. The van der Waals surface area contributed by atoms with E-state index in [2.05, 4.69) is 20.7 Å². The molecule has 0 atom stereocenters. The third kappa shape index (κ3) is 6.36. The van der Waals surface area contributed by atoms with Gasteiger partial charge < -0.3 is 15.3 Å². The molecule has 8 nitrogen and oxygen atoms in total. The van der Waals surface area contributed by atoms with Crippen LogP contribution in [-0.2, 0) is 13.0 Å². The predicted molar refractivity (Wildman–Crippen MR) is 124 cm³/mol. The molecule has 0 unspecified atom stereocenters. The van der Waals surface area contributed by atoms with Gasteiger partial charge >= 0.3 is 0 Å². The minimum Gasteiger partial charge on any atom is -0.493 e. The summed E-state index contributed by atoms with van der Waals surface area (Å²) in [6.07, 6.45) is 2.17. The molecular weight excluding hydrogens is 470 g/mol. The van der Waals surface area contributed by atoms with Gasteiger partial charge in [0.1, 0.15) is 12.4 Å². The van der Waals surface area contributed by atoms with Gasteiger partial charge in [-0.25, -0.2) is 14.5 Å². The number of halogens is 4. The van der Waals surface area contributed by atoms with Crippen molar-refractivity contribution in [3.05, 3.63) is 64.2 Å². The number of nitrogens with zero attached hydrogens (tertiary/aromatic N) is 4. The average molecular weight is 492 g/mol. The van der Waals surface area contributed by atoms with Crippen molar-refractivity contribution in [2.45, 2.75) is 20.0 Å². The van der Waals surface area contributed by atoms with Crippen LogP contribution in [0.5, 0.6) is 11.5 Å². The maximum atomic E-state index is 13.8. The molecule has 0 saturated heterocycles. The second-order valence-electron chi connectivity index (χ2n) is 5.95. The molecule has 0 saturated carbocycles. The van der Waals surface area contributed by atoms with Crippen LogP contribution in [0.4, 0.5) is 10.3 Å². The van der Waals surface area contributed by atoms with E-state index < -0.39 is 0 Å². The number of hydrogen-bond acceptors (Lipinski definition) is 7. The number of nitrogens with one attached hydrogen (secondary N) is 1. The number of benzene rings is 2. The molecule has 3 aromatic rings. The summed E-state index contributed by atoms with van der Waals surface area (Å²) in [5.41, 5.74) is 3.78. The fraction of sp³-hybridized carbons (Fsp3) is 0.211. The minimum absolute atomic E-state index is 0. The van der Waals surface area contributed by atoms with Crippen LogP contribution in [0.3, 0.4) is 0 Å². The largest absolute Gasteiger partial charge is 0.493 e. The molecule has 1 aromatic heterocycles. The summed E-state index contributed by atoms with van der Waals surface area (Å²) in [7, 11) is 1.49. The predicted octanol–water partition coefficient (Wildman–Crippen LogP) is 4.22. The summed E-state index contributed by atoms with van der Waals surface area (Å²) in [6.45, 7) is 1.94. The molecule has 0 aliphatic heterocycles. The zero-order valence-electron chi connectivity index (χ0n) is 16.7. The van der Waals surface area contributed by atoms with E-state index in [0.717, 1.165) is 0 Å². The molecule has 0 aliphatic rings. The molecule has 0 bridgehead atoms. The molecule has 0 radical (unpaired) electrons. The Morgan fingerprint density at radius 1 is 1.26 bits per heavy atom. The van der Waals surface area contributed by atoms with Crippen LogP contribution in [0.1, 0.15) is 23.9 Å². The summed E-state index contributed by atoms with van der Waals surface area (Å²) < 4.78 is 26.2. The normalized spacial score (nSPS) is 10.3. The lowest BCUT2D eigenvalue weighted by atomic mass is 10.2. The third-order valence-electron chi connectivity index (χ3n) is 4.04. The first kappa shape index (κ1) is 26.3. The van der Waals surface area contributed by atoms with Crippen molar-refractivity contribution in [2.24, 2.45) is 5.10 Å². The van der Waals surface area contributed by atoms with E-state index in [9.17, 15) is 4.39 Å². The molecule has 3 rings (SSSR count). The van der Waals surface area contributed by atoms with E-state index >= 15 is 0 Å². The van der Waals surface area contributed by atoms with Gasteiger partial charge in [0.25, 0.3) is 5.95 Å². The van der Waals surface area contributed by atoms with Gasteiger partial charge in [0.05, 0.1) is 18.3 Å². The SMILES string of the molecule is CCc1nnc(NN=Cc2cc(Cl)c(OCc3ccccc3F)c(OC)c2)n1N.Cl.Cl. The molecule has 2 aromatic carbocycles. The number of ether oxygens (including phenoxy) is 2. The highest BCUT2D eigenvalue weighted by Crippen LogP contribution is 2.36. The molecule has 3 N–H and O–H groups in total. The Kier molecular flexibility index (Phi) is 10.3. The van der Waals surface area contributed by atoms with Gasteiger partial charge in [-0.15, -0.1) is 35.0 Å². The van der Waals surface area contributed by atoms with Gasteiger partial charge in [0.15, 0.2) is 17.3 Å². The van der Waals surface area contributed by atoms with Crippen molar-refractivity contribution in [3.63, 3.8) is 0 Å². The van der Waals surface area contributed by atoms with Gasteiger partial charge in [-0.3, -0.25) is 0 Å². The van der Waals surface area contributed by atoms with Crippen molar-refractivity contribution in [1.29, 1.82) is 0 Å². The Morgan fingerprint density at radius 2 is 2.00 bits per heavy atom. The van der Waals surface area contributed by atoms with E-state index in [4.69, 9.17) is 26.9 Å².